The van der Waals surface area contributed by atoms with Gasteiger partial charge in [0, 0.05) is 37.2 Å². The molecule has 3 rings (SSSR count). The molecule has 0 spiro atoms. The number of carbonyl (C=O) groups excluding carboxylic acids is 1. The molecule has 5 nitrogen and oxygen atoms in total. The van der Waals surface area contributed by atoms with Crippen LogP contribution in [0.1, 0.15) is 37.7 Å². The van der Waals surface area contributed by atoms with Gasteiger partial charge in [-0.15, -0.1) is 0 Å². The summed E-state index contributed by atoms with van der Waals surface area (Å²) in [5.74, 6) is 2.90. The third kappa shape index (κ3) is 3.76. The van der Waals surface area contributed by atoms with Crippen molar-refractivity contribution in [3.8, 4) is 11.5 Å². The summed E-state index contributed by atoms with van der Waals surface area (Å²) < 4.78 is 10.7. The summed E-state index contributed by atoms with van der Waals surface area (Å²) >= 11 is 0. The fourth-order valence-corrected chi connectivity index (χ4v) is 4.62. The lowest BCUT2D eigenvalue weighted by Crippen LogP contribution is -2.49. The van der Waals surface area contributed by atoms with Gasteiger partial charge in [-0.05, 0) is 49.7 Å². The molecule has 2 aliphatic carbocycles. The minimum Gasteiger partial charge on any atom is -0.497 e. The highest BCUT2D eigenvalue weighted by Crippen LogP contribution is 2.42. The Balaban J connectivity index is 1.67. The number of rotatable bonds is 5. The van der Waals surface area contributed by atoms with Crippen molar-refractivity contribution in [3.05, 3.63) is 23.8 Å². The molecule has 1 aromatic carbocycles. The SMILES string of the molecule is COc1ccc(CN(C)C(=O)C2CC3CCCC(C2)C3N)c(OC)c1. The number of benzene rings is 1. The molecule has 5 heteroatoms. The summed E-state index contributed by atoms with van der Waals surface area (Å²) in [4.78, 5) is 14.8. The largest absolute Gasteiger partial charge is 0.497 e. The second kappa shape index (κ2) is 7.65. The first kappa shape index (κ1) is 18.1. The summed E-state index contributed by atoms with van der Waals surface area (Å²) in [5, 5.41) is 0. The third-order valence-corrected chi connectivity index (χ3v) is 6.04. The van der Waals surface area contributed by atoms with Gasteiger partial charge in [-0.25, -0.2) is 0 Å². The second-order valence-electron chi connectivity index (χ2n) is 7.57. The Bertz CT molecular complexity index is 605. The maximum absolute atomic E-state index is 13.0. The molecular weight excluding hydrogens is 316 g/mol. The highest BCUT2D eigenvalue weighted by molar-refractivity contribution is 5.79. The Morgan fingerprint density at radius 1 is 1.20 bits per heavy atom. The van der Waals surface area contributed by atoms with Crippen molar-refractivity contribution >= 4 is 5.91 Å². The molecule has 0 aromatic heterocycles. The number of methoxy groups -OCH3 is 2. The number of amides is 1. The molecule has 2 unspecified atom stereocenters. The van der Waals surface area contributed by atoms with Gasteiger partial charge in [0.25, 0.3) is 0 Å². The molecule has 2 N–H and O–H groups in total. The molecule has 2 bridgehead atoms. The maximum atomic E-state index is 13.0. The smallest absolute Gasteiger partial charge is 0.225 e. The quantitative estimate of drug-likeness (QED) is 0.890. The Hall–Kier alpha value is -1.75. The molecular formula is C20H30N2O3. The van der Waals surface area contributed by atoms with E-state index in [0.29, 0.717) is 24.4 Å². The molecule has 2 fully saturated rings. The van der Waals surface area contributed by atoms with E-state index in [1.165, 1.54) is 19.3 Å². The van der Waals surface area contributed by atoms with Crippen molar-refractivity contribution in [2.45, 2.75) is 44.7 Å². The van der Waals surface area contributed by atoms with Crippen LogP contribution in [0.3, 0.4) is 0 Å². The predicted molar refractivity (Wildman–Crippen MR) is 97.6 cm³/mol. The average Bonchev–Trinajstić information content (AvgIpc) is 2.61. The standard InChI is InChI=1S/C20H30N2O3/c1-22(12-15-7-8-17(24-2)11-18(15)25-3)20(23)16-9-13-5-4-6-14(10-16)19(13)21/h7-8,11,13-14,16,19H,4-6,9-10,12,21H2,1-3H3. The van der Waals surface area contributed by atoms with E-state index in [1.54, 1.807) is 14.2 Å². The van der Waals surface area contributed by atoms with E-state index in [9.17, 15) is 4.79 Å². The fourth-order valence-electron chi connectivity index (χ4n) is 4.62. The highest BCUT2D eigenvalue weighted by atomic mass is 16.5. The molecule has 25 heavy (non-hydrogen) atoms. The number of carbonyl (C=O) groups is 1. The van der Waals surface area contributed by atoms with E-state index in [1.807, 2.05) is 30.1 Å². The van der Waals surface area contributed by atoms with E-state index >= 15 is 0 Å². The van der Waals surface area contributed by atoms with Crippen LogP contribution in [0.15, 0.2) is 18.2 Å². The highest BCUT2D eigenvalue weighted by Gasteiger charge is 2.41. The van der Waals surface area contributed by atoms with Gasteiger partial charge < -0.3 is 20.1 Å². The number of fused-ring (bicyclic) bond motifs is 2. The monoisotopic (exact) mass is 346 g/mol. The Labute approximate surface area is 150 Å². The lowest BCUT2D eigenvalue weighted by molar-refractivity contribution is -0.137. The molecule has 1 aromatic rings. The summed E-state index contributed by atoms with van der Waals surface area (Å²) in [6.07, 6.45) is 5.51. The van der Waals surface area contributed by atoms with Crippen LogP contribution in [0.4, 0.5) is 0 Å². The number of nitrogens with zero attached hydrogens (tertiary/aromatic N) is 1. The molecule has 1 amide bonds. The summed E-state index contributed by atoms with van der Waals surface area (Å²) in [6.45, 7) is 0.546. The van der Waals surface area contributed by atoms with Crippen LogP contribution in [0.25, 0.3) is 0 Å². The van der Waals surface area contributed by atoms with Crippen LogP contribution in [0.5, 0.6) is 11.5 Å². The predicted octanol–water partition coefficient (Wildman–Crippen LogP) is 2.82. The van der Waals surface area contributed by atoms with Crippen molar-refractivity contribution < 1.29 is 14.3 Å². The molecule has 0 radical (unpaired) electrons. The summed E-state index contributed by atoms with van der Waals surface area (Å²) in [7, 11) is 5.16. The van der Waals surface area contributed by atoms with Gasteiger partial charge in [-0.2, -0.15) is 0 Å². The summed E-state index contributed by atoms with van der Waals surface area (Å²) in [6, 6.07) is 6.02. The van der Waals surface area contributed by atoms with Crippen LogP contribution >= 0.6 is 0 Å². The zero-order chi connectivity index (χ0) is 18.0. The van der Waals surface area contributed by atoms with Crippen LogP contribution in [-0.4, -0.2) is 38.1 Å². The topological polar surface area (TPSA) is 64.8 Å². The Morgan fingerprint density at radius 2 is 1.88 bits per heavy atom. The average molecular weight is 346 g/mol. The van der Waals surface area contributed by atoms with E-state index in [2.05, 4.69) is 0 Å². The van der Waals surface area contributed by atoms with Crippen LogP contribution < -0.4 is 15.2 Å². The van der Waals surface area contributed by atoms with Crippen LogP contribution in [-0.2, 0) is 11.3 Å². The number of ether oxygens (including phenoxy) is 2. The van der Waals surface area contributed by atoms with Gasteiger partial charge in [0.2, 0.25) is 5.91 Å². The van der Waals surface area contributed by atoms with Crippen molar-refractivity contribution in [2.75, 3.05) is 21.3 Å². The molecule has 0 saturated heterocycles. The molecule has 138 valence electrons. The molecule has 0 heterocycles. The lowest BCUT2D eigenvalue weighted by Gasteiger charge is -2.44. The van der Waals surface area contributed by atoms with Crippen LogP contribution in [0.2, 0.25) is 0 Å². The van der Waals surface area contributed by atoms with Gasteiger partial charge in [-0.3, -0.25) is 4.79 Å². The van der Waals surface area contributed by atoms with Crippen molar-refractivity contribution in [2.24, 2.45) is 23.5 Å². The second-order valence-corrected chi connectivity index (χ2v) is 7.57. The Morgan fingerprint density at radius 3 is 2.48 bits per heavy atom. The van der Waals surface area contributed by atoms with Crippen molar-refractivity contribution in [3.63, 3.8) is 0 Å². The first-order valence-corrected chi connectivity index (χ1v) is 9.25. The van der Waals surface area contributed by atoms with Gasteiger partial charge >= 0.3 is 0 Å². The minimum absolute atomic E-state index is 0.115. The third-order valence-electron chi connectivity index (χ3n) is 6.04. The normalized spacial score (nSPS) is 28.3. The van der Waals surface area contributed by atoms with Gasteiger partial charge in [0.1, 0.15) is 11.5 Å². The van der Waals surface area contributed by atoms with E-state index in [0.717, 1.165) is 29.9 Å². The first-order valence-electron chi connectivity index (χ1n) is 9.25. The van der Waals surface area contributed by atoms with Gasteiger partial charge in [0.05, 0.1) is 14.2 Å². The van der Waals surface area contributed by atoms with Gasteiger partial charge in [-0.1, -0.05) is 6.42 Å². The molecule has 2 saturated carbocycles. The first-order chi connectivity index (χ1) is 12.0. The van der Waals surface area contributed by atoms with Crippen LogP contribution in [0, 0.1) is 17.8 Å². The van der Waals surface area contributed by atoms with E-state index in [-0.39, 0.29) is 11.8 Å². The number of hydrogen-bond donors (Lipinski definition) is 1. The maximum Gasteiger partial charge on any atom is 0.225 e. The molecule has 2 atom stereocenters. The van der Waals surface area contributed by atoms with Crippen molar-refractivity contribution in [1.29, 1.82) is 0 Å². The van der Waals surface area contributed by atoms with E-state index in [4.69, 9.17) is 15.2 Å². The Kier molecular flexibility index (Phi) is 5.52. The lowest BCUT2D eigenvalue weighted by atomic mass is 9.65. The summed E-state index contributed by atoms with van der Waals surface area (Å²) in [5.41, 5.74) is 7.35. The zero-order valence-electron chi connectivity index (χ0n) is 15.5. The number of nitrogens with two attached hydrogens (primary N) is 1. The van der Waals surface area contributed by atoms with Gasteiger partial charge in [0.15, 0.2) is 0 Å². The van der Waals surface area contributed by atoms with E-state index < -0.39 is 0 Å². The molecule has 2 aliphatic rings. The zero-order valence-corrected chi connectivity index (χ0v) is 15.5. The fraction of sp³-hybridized carbons (Fsp3) is 0.650. The minimum atomic E-state index is 0.115. The van der Waals surface area contributed by atoms with Crippen molar-refractivity contribution in [1.82, 2.24) is 4.90 Å². The molecule has 0 aliphatic heterocycles. The number of hydrogen-bond acceptors (Lipinski definition) is 4.